The Balaban J connectivity index is 1.84. The highest BCUT2D eigenvalue weighted by Gasteiger charge is 2.28. The zero-order valence-electron chi connectivity index (χ0n) is 16.9. The van der Waals surface area contributed by atoms with Crippen LogP contribution < -0.4 is 5.49 Å². The molecule has 154 valence electrons. The number of aromatic nitrogens is 3. The van der Waals surface area contributed by atoms with Crippen LogP contribution in [-0.4, -0.2) is 23.0 Å². The van der Waals surface area contributed by atoms with E-state index < -0.39 is 9.84 Å². The van der Waals surface area contributed by atoms with Crippen LogP contribution in [-0.2, 0) is 9.84 Å². The van der Waals surface area contributed by atoms with Crippen LogP contribution >= 0.6 is 0 Å². The van der Waals surface area contributed by atoms with Crippen molar-refractivity contribution >= 4 is 31.9 Å². The lowest BCUT2D eigenvalue weighted by molar-refractivity contribution is 0.346. The second-order valence-electron chi connectivity index (χ2n) is 8.11. The van der Waals surface area contributed by atoms with Crippen LogP contribution in [0.15, 0.2) is 58.5 Å². The molecule has 2 aromatic heterocycles. The lowest BCUT2D eigenvalue weighted by Crippen LogP contribution is -2.32. The topological polar surface area (TPSA) is 91.6 Å². The van der Waals surface area contributed by atoms with E-state index in [1.807, 2.05) is 35.8 Å². The molecule has 5 rings (SSSR count). The summed E-state index contributed by atoms with van der Waals surface area (Å²) in [6, 6.07) is 14.6. The van der Waals surface area contributed by atoms with Gasteiger partial charge < -0.3 is 9.55 Å². The first-order chi connectivity index (χ1) is 14.5. The number of rotatable bonds is 3. The Morgan fingerprint density at radius 2 is 1.73 bits per heavy atom. The number of fused-ring (bicyclic) bond motifs is 3. The van der Waals surface area contributed by atoms with Crippen LogP contribution in [0.4, 0.5) is 0 Å². The van der Waals surface area contributed by atoms with Crippen LogP contribution in [0, 0.1) is 12.3 Å². The fourth-order valence-electron chi connectivity index (χ4n) is 4.49. The molecule has 6 nitrogen and oxygen atoms in total. The van der Waals surface area contributed by atoms with Gasteiger partial charge >= 0.3 is 0 Å². The molecule has 2 heterocycles. The van der Waals surface area contributed by atoms with E-state index in [1.54, 1.807) is 24.3 Å². The van der Waals surface area contributed by atoms with Crippen LogP contribution in [0.5, 0.6) is 0 Å². The second kappa shape index (κ2) is 7.09. The molecule has 1 fully saturated rings. The van der Waals surface area contributed by atoms with E-state index in [0.717, 1.165) is 47.8 Å². The summed E-state index contributed by atoms with van der Waals surface area (Å²) in [4.78, 5) is 8.13. The largest absolute Gasteiger partial charge is 0.339 e. The number of benzene rings is 2. The van der Waals surface area contributed by atoms with Gasteiger partial charge in [-0.15, -0.1) is 0 Å². The predicted octanol–water partition coefficient (Wildman–Crippen LogP) is 4.64. The molecular formula is C23H24N4O2S. The summed E-state index contributed by atoms with van der Waals surface area (Å²) in [6.45, 7) is 1.92. The van der Waals surface area contributed by atoms with Gasteiger partial charge in [-0.1, -0.05) is 55.2 Å². The molecule has 0 atom stereocenters. The van der Waals surface area contributed by atoms with Gasteiger partial charge in [-0.25, -0.2) is 13.4 Å². The van der Waals surface area contributed by atoms with Crippen molar-refractivity contribution in [1.82, 2.24) is 14.5 Å². The highest BCUT2D eigenvalue weighted by molar-refractivity contribution is 7.91. The molecule has 0 saturated heterocycles. The van der Waals surface area contributed by atoms with E-state index in [2.05, 4.69) is 9.97 Å². The average Bonchev–Trinajstić information content (AvgIpc) is 3.12. The van der Waals surface area contributed by atoms with Crippen LogP contribution in [0.2, 0.25) is 0 Å². The van der Waals surface area contributed by atoms with E-state index in [9.17, 15) is 8.42 Å². The number of nitrogens with one attached hydrogen (secondary N) is 2. The molecule has 1 aliphatic carbocycles. The van der Waals surface area contributed by atoms with Gasteiger partial charge in [0.25, 0.3) is 0 Å². The molecule has 0 amide bonds. The molecule has 4 aromatic rings. The zero-order chi connectivity index (χ0) is 20.9. The third kappa shape index (κ3) is 2.96. The Bertz CT molecular complexity index is 1410. The predicted molar refractivity (Wildman–Crippen MR) is 116 cm³/mol. The maximum absolute atomic E-state index is 13.5. The molecule has 0 bridgehead atoms. The zero-order valence-corrected chi connectivity index (χ0v) is 17.7. The first kappa shape index (κ1) is 19.1. The number of nitrogens with zero attached hydrogens (tertiary/aromatic N) is 2. The molecular weight excluding hydrogens is 396 g/mol. The quantitative estimate of drug-likeness (QED) is 0.506. The minimum atomic E-state index is -3.92. The molecule has 2 aromatic carbocycles. The lowest BCUT2D eigenvalue weighted by atomic mass is 9.95. The summed E-state index contributed by atoms with van der Waals surface area (Å²) >= 11 is 0. The summed E-state index contributed by atoms with van der Waals surface area (Å²) in [5, 5.41) is 9.59. The third-order valence-electron chi connectivity index (χ3n) is 6.08. The normalized spacial score (nSPS) is 15.8. The summed E-state index contributed by atoms with van der Waals surface area (Å²) < 4.78 is 28.9. The van der Waals surface area contributed by atoms with Crippen molar-refractivity contribution < 1.29 is 8.42 Å². The van der Waals surface area contributed by atoms with E-state index in [-0.39, 0.29) is 21.5 Å². The number of hydrogen-bond acceptors (Lipinski definition) is 4. The standard InChI is InChI=1S/C23H24N4O2S/c1-15-11-13-17(14-12-15)30(28,29)23-21(24)27(16-7-3-2-4-8-16)22-20(26-23)18-9-5-6-10-19(18)25-22/h5-6,9-14,16,24-25H,2-4,7-8H2,1H3. The van der Waals surface area contributed by atoms with Gasteiger partial charge in [0.05, 0.1) is 4.90 Å². The number of aromatic amines is 1. The molecule has 0 radical (unpaired) electrons. The molecule has 0 spiro atoms. The monoisotopic (exact) mass is 420 g/mol. The summed E-state index contributed by atoms with van der Waals surface area (Å²) in [7, 11) is -3.92. The lowest BCUT2D eigenvalue weighted by Gasteiger charge is -2.26. The Morgan fingerprint density at radius 1 is 1.03 bits per heavy atom. The average molecular weight is 421 g/mol. The van der Waals surface area contributed by atoms with Gasteiger partial charge in [0.1, 0.15) is 11.2 Å². The van der Waals surface area contributed by atoms with Gasteiger partial charge in [0.2, 0.25) is 14.9 Å². The Labute approximate surface area is 175 Å². The molecule has 0 aliphatic heterocycles. The van der Waals surface area contributed by atoms with Gasteiger partial charge in [-0.2, -0.15) is 0 Å². The third-order valence-corrected chi connectivity index (χ3v) is 7.77. The number of hydrogen-bond donors (Lipinski definition) is 2. The van der Waals surface area contributed by atoms with Crippen molar-refractivity contribution in [3.05, 3.63) is 59.6 Å². The molecule has 0 unspecified atom stereocenters. The first-order valence-electron chi connectivity index (χ1n) is 10.4. The van der Waals surface area contributed by atoms with Gasteiger partial charge in [0.15, 0.2) is 5.49 Å². The first-order valence-corrected chi connectivity index (χ1v) is 11.8. The van der Waals surface area contributed by atoms with E-state index in [4.69, 9.17) is 5.41 Å². The number of aryl methyl sites for hydroxylation is 1. The second-order valence-corrected chi connectivity index (χ2v) is 9.98. The number of para-hydroxylation sites is 1. The Hall–Kier alpha value is -2.93. The number of H-pyrrole nitrogens is 1. The number of sulfone groups is 1. The highest BCUT2D eigenvalue weighted by atomic mass is 32.2. The minimum absolute atomic E-state index is 0.0402. The van der Waals surface area contributed by atoms with Crippen LogP contribution in [0.25, 0.3) is 22.1 Å². The smallest absolute Gasteiger partial charge is 0.227 e. The molecule has 30 heavy (non-hydrogen) atoms. The van der Waals surface area contributed by atoms with Crippen molar-refractivity contribution in [2.45, 2.75) is 55.0 Å². The van der Waals surface area contributed by atoms with Gasteiger partial charge in [-0.3, -0.25) is 5.41 Å². The summed E-state index contributed by atoms with van der Waals surface area (Å²) in [6.07, 6.45) is 5.23. The molecule has 1 saturated carbocycles. The van der Waals surface area contributed by atoms with Crippen molar-refractivity contribution in [2.24, 2.45) is 0 Å². The fraction of sp³-hybridized carbons (Fsp3) is 0.304. The fourth-order valence-corrected chi connectivity index (χ4v) is 5.77. The minimum Gasteiger partial charge on any atom is -0.339 e. The SMILES string of the molecule is Cc1ccc(S(=O)(=O)c2nc3c4ccccc4[nH]c3n(C3CCCCC3)c2=N)cc1. The maximum Gasteiger partial charge on any atom is 0.227 e. The molecule has 2 N–H and O–H groups in total. The van der Waals surface area contributed by atoms with Crippen molar-refractivity contribution in [1.29, 1.82) is 5.41 Å². The maximum atomic E-state index is 13.5. The van der Waals surface area contributed by atoms with Crippen molar-refractivity contribution in [3.8, 4) is 0 Å². The van der Waals surface area contributed by atoms with Gasteiger partial charge in [0, 0.05) is 16.9 Å². The van der Waals surface area contributed by atoms with Crippen LogP contribution in [0.3, 0.4) is 0 Å². The summed E-state index contributed by atoms with van der Waals surface area (Å²) in [5.41, 5.74) is 3.18. The van der Waals surface area contributed by atoms with E-state index in [1.165, 1.54) is 6.42 Å². The van der Waals surface area contributed by atoms with E-state index in [0.29, 0.717) is 5.52 Å². The van der Waals surface area contributed by atoms with E-state index >= 15 is 0 Å². The Morgan fingerprint density at radius 3 is 2.47 bits per heavy atom. The Kier molecular flexibility index (Phi) is 4.50. The summed E-state index contributed by atoms with van der Waals surface area (Å²) in [5.74, 6) is 0. The van der Waals surface area contributed by atoms with Crippen molar-refractivity contribution in [2.75, 3.05) is 0 Å². The molecule has 1 aliphatic rings. The molecule has 7 heteroatoms. The highest BCUT2D eigenvalue weighted by Crippen LogP contribution is 2.32. The van der Waals surface area contributed by atoms with Crippen LogP contribution in [0.1, 0.15) is 43.7 Å². The van der Waals surface area contributed by atoms with Gasteiger partial charge in [-0.05, 0) is 38.0 Å². The van der Waals surface area contributed by atoms with Crippen molar-refractivity contribution in [3.63, 3.8) is 0 Å².